The van der Waals surface area contributed by atoms with Crippen LogP contribution in [0.3, 0.4) is 0 Å². The van der Waals surface area contributed by atoms with Gasteiger partial charge in [-0.1, -0.05) is 13.8 Å². The van der Waals surface area contributed by atoms with Crippen molar-refractivity contribution in [2.75, 3.05) is 5.32 Å². The van der Waals surface area contributed by atoms with Crippen LogP contribution < -0.4 is 11.1 Å². The Bertz CT molecular complexity index is 429. The van der Waals surface area contributed by atoms with Crippen molar-refractivity contribution >= 4 is 17.6 Å². The molecule has 0 fully saturated rings. The van der Waals surface area contributed by atoms with E-state index in [0.29, 0.717) is 18.0 Å². The van der Waals surface area contributed by atoms with Crippen LogP contribution >= 0.6 is 0 Å². The van der Waals surface area contributed by atoms with Crippen molar-refractivity contribution in [1.29, 1.82) is 0 Å². The van der Waals surface area contributed by atoms with E-state index in [2.05, 4.69) is 10.3 Å². The van der Waals surface area contributed by atoms with E-state index in [1.165, 1.54) is 18.3 Å². The van der Waals surface area contributed by atoms with Crippen molar-refractivity contribution < 1.29 is 14.7 Å². The Morgan fingerprint density at radius 2 is 2.11 bits per heavy atom. The fourth-order valence-electron chi connectivity index (χ4n) is 1.44. The van der Waals surface area contributed by atoms with Crippen LogP contribution in [0.1, 0.15) is 30.8 Å². The number of nitrogens with one attached hydrogen (secondary N) is 1. The van der Waals surface area contributed by atoms with Gasteiger partial charge >= 0.3 is 5.97 Å². The minimum Gasteiger partial charge on any atom is -0.477 e. The molecule has 1 aromatic rings. The Morgan fingerprint density at radius 3 is 2.56 bits per heavy atom. The molecule has 4 N–H and O–H groups in total. The first kappa shape index (κ1) is 14.1. The van der Waals surface area contributed by atoms with Crippen molar-refractivity contribution in [2.45, 2.75) is 26.3 Å². The molecule has 98 valence electrons. The predicted molar refractivity (Wildman–Crippen MR) is 67.3 cm³/mol. The second-order valence-electron chi connectivity index (χ2n) is 4.46. The maximum atomic E-state index is 11.7. The zero-order valence-electron chi connectivity index (χ0n) is 10.4. The number of amides is 1. The van der Waals surface area contributed by atoms with Crippen molar-refractivity contribution in [1.82, 2.24) is 4.98 Å². The van der Waals surface area contributed by atoms with Gasteiger partial charge in [0.2, 0.25) is 5.91 Å². The molecule has 0 radical (unpaired) electrons. The SMILES string of the molecule is CC(C)CC(N)C(=O)Nc1ccc(C(=O)O)nc1. The van der Waals surface area contributed by atoms with Crippen LogP contribution in [0.5, 0.6) is 0 Å². The molecule has 1 heterocycles. The van der Waals surface area contributed by atoms with Gasteiger partial charge in [-0.05, 0) is 24.5 Å². The standard InChI is InChI=1S/C12H17N3O3/c1-7(2)5-9(13)11(16)15-8-3-4-10(12(17)18)14-6-8/h3-4,6-7,9H,5,13H2,1-2H3,(H,15,16)(H,17,18). The molecule has 0 saturated carbocycles. The van der Waals surface area contributed by atoms with Crippen LogP contribution in [0.2, 0.25) is 0 Å². The molecule has 1 rings (SSSR count). The average molecular weight is 251 g/mol. The van der Waals surface area contributed by atoms with Gasteiger partial charge in [0.1, 0.15) is 5.69 Å². The summed E-state index contributed by atoms with van der Waals surface area (Å²) in [6.07, 6.45) is 1.88. The van der Waals surface area contributed by atoms with E-state index in [1.54, 1.807) is 0 Å². The number of anilines is 1. The molecule has 1 atom stereocenters. The van der Waals surface area contributed by atoms with Gasteiger partial charge in [0.25, 0.3) is 0 Å². The molecule has 1 unspecified atom stereocenters. The highest BCUT2D eigenvalue weighted by molar-refractivity contribution is 5.94. The molecule has 0 aromatic carbocycles. The first-order valence-electron chi connectivity index (χ1n) is 5.66. The fourth-order valence-corrected chi connectivity index (χ4v) is 1.44. The molecule has 0 aliphatic carbocycles. The van der Waals surface area contributed by atoms with E-state index in [9.17, 15) is 9.59 Å². The van der Waals surface area contributed by atoms with Gasteiger partial charge in [0, 0.05) is 0 Å². The first-order valence-corrected chi connectivity index (χ1v) is 5.66. The minimum atomic E-state index is -1.11. The number of carboxylic acid groups (broad SMARTS) is 1. The second-order valence-corrected chi connectivity index (χ2v) is 4.46. The van der Waals surface area contributed by atoms with Gasteiger partial charge in [-0.3, -0.25) is 4.79 Å². The molecule has 0 aliphatic heterocycles. The van der Waals surface area contributed by atoms with Gasteiger partial charge in [-0.15, -0.1) is 0 Å². The number of nitrogens with two attached hydrogens (primary N) is 1. The lowest BCUT2D eigenvalue weighted by Gasteiger charge is -2.13. The lowest BCUT2D eigenvalue weighted by molar-refractivity contribution is -0.117. The Balaban J connectivity index is 2.62. The monoisotopic (exact) mass is 251 g/mol. The number of carbonyl (C=O) groups excluding carboxylic acids is 1. The highest BCUT2D eigenvalue weighted by Crippen LogP contribution is 2.09. The number of carboxylic acids is 1. The van der Waals surface area contributed by atoms with Gasteiger partial charge < -0.3 is 16.2 Å². The number of rotatable bonds is 5. The molecular formula is C12H17N3O3. The Kier molecular flexibility index (Phi) is 4.79. The van der Waals surface area contributed by atoms with Gasteiger partial charge in [0.15, 0.2) is 0 Å². The molecule has 0 bridgehead atoms. The van der Waals surface area contributed by atoms with Gasteiger partial charge in [-0.2, -0.15) is 0 Å². The average Bonchev–Trinajstić information content (AvgIpc) is 2.28. The van der Waals surface area contributed by atoms with Crippen LogP contribution in [-0.4, -0.2) is 28.0 Å². The third-order valence-corrected chi connectivity index (χ3v) is 2.31. The number of hydrogen-bond acceptors (Lipinski definition) is 4. The molecule has 6 nitrogen and oxygen atoms in total. The summed E-state index contributed by atoms with van der Waals surface area (Å²) in [5, 5.41) is 11.3. The molecule has 0 saturated heterocycles. The van der Waals surface area contributed by atoms with Crippen LogP contribution in [0.4, 0.5) is 5.69 Å². The summed E-state index contributed by atoms with van der Waals surface area (Å²) in [7, 11) is 0. The third kappa shape index (κ3) is 4.14. The first-order chi connectivity index (χ1) is 8.40. The Labute approximate surface area is 105 Å². The van der Waals surface area contributed by atoms with Crippen LogP contribution in [0.15, 0.2) is 18.3 Å². The molecule has 6 heteroatoms. The number of aromatic carboxylic acids is 1. The fraction of sp³-hybridized carbons (Fsp3) is 0.417. The van der Waals surface area contributed by atoms with E-state index in [-0.39, 0.29) is 11.6 Å². The summed E-state index contributed by atoms with van der Waals surface area (Å²) in [6, 6.07) is 2.23. The quantitative estimate of drug-likeness (QED) is 0.726. The summed E-state index contributed by atoms with van der Waals surface area (Å²) in [5.74, 6) is -1.07. The zero-order chi connectivity index (χ0) is 13.7. The molecule has 0 spiro atoms. The van der Waals surface area contributed by atoms with E-state index >= 15 is 0 Å². The lowest BCUT2D eigenvalue weighted by atomic mass is 10.0. The predicted octanol–water partition coefficient (Wildman–Crippen LogP) is 1.09. The minimum absolute atomic E-state index is 0.0699. The van der Waals surface area contributed by atoms with Crippen LogP contribution in [-0.2, 0) is 4.79 Å². The summed E-state index contributed by atoms with van der Waals surface area (Å²) in [4.78, 5) is 26.0. The highest BCUT2D eigenvalue weighted by Gasteiger charge is 2.15. The molecule has 1 aromatic heterocycles. The number of nitrogens with zero attached hydrogens (tertiary/aromatic N) is 1. The zero-order valence-corrected chi connectivity index (χ0v) is 10.4. The second kappa shape index (κ2) is 6.11. The van der Waals surface area contributed by atoms with Crippen molar-refractivity contribution in [3.05, 3.63) is 24.0 Å². The lowest BCUT2D eigenvalue weighted by Crippen LogP contribution is -2.36. The molecule has 18 heavy (non-hydrogen) atoms. The maximum Gasteiger partial charge on any atom is 0.354 e. The third-order valence-electron chi connectivity index (χ3n) is 2.31. The Morgan fingerprint density at radius 1 is 1.44 bits per heavy atom. The molecule has 1 amide bonds. The summed E-state index contributed by atoms with van der Waals surface area (Å²) >= 11 is 0. The summed E-state index contributed by atoms with van der Waals surface area (Å²) in [5.41, 5.74) is 6.08. The molecular weight excluding hydrogens is 234 g/mol. The Hall–Kier alpha value is -1.95. The summed E-state index contributed by atoms with van der Waals surface area (Å²) < 4.78 is 0. The number of hydrogen-bond donors (Lipinski definition) is 3. The van der Waals surface area contributed by atoms with Crippen LogP contribution in [0.25, 0.3) is 0 Å². The normalized spacial score (nSPS) is 12.2. The van der Waals surface area contributed by atoms with E-state index in [0.717, 1.165) is 0 Å². The van der Waals surface area contributed by atoms with E-state index in [1.807, 2.05) is 13.8 Å². The topological polar surface area (TPSA) is 105 Å². The molecule has 0 aliphatic rings. The van der Waals surface area contributed by atoms with Crippen LogP contribution in [0, 0.1) is 5.92 Å². The smallest absolute Gasteiger partial charge is 0.354 e. The van der Waals surface area contributed by atoms with Crippen molar-refractivity contribution in [3.63, 3.8) is 0 Å². The van der Waals surface area contributed by atoms with Crippen molar-refractivity contribution in [2.24, 2.45) is 11.7 Å². The number of carbonyl (C=O) groups is 2. The maximum absolute atomic E-state index is 11.7. The summed E-state index contributed by atoms with van der Waals surface area (Å²) in [6.45, 7) is 3.96. The van der Waals surface area contributed by atoms with E-state index < -0.39 is 12.0 Å². The highest BCUT2D eigenvalue weighted by atomic mass is 16.4. The van der Waals surface area contributed by atoms with Gasteiger partial charge in [-0.25, -0.2) is 9.78 Å². The largest absolute Gasteiger partial charge is 0.477 e. The van der Waals surface area contributed by atoms with E-state index in [4.69, 9.17) is 10.8 Å². The van der Waals surface area contributed by atoms with Gasteiger partial charge in [0.05, 0.1) is 17.9 Å². The number of aromatic nitrogens is 1. The van der Waals surface area contributed by atoms with Crippen molar-refractivity contribution in [3.8, 4) is 0 Å². The number of pyridine rings is 1.